The van der Waals surface area contributed by atoms with Crippen LogP contribution in [0.3, 0.4) is 0 Å². The zero-order chi connectivity index (χ0) is 19.4. The van der Waals surface area contributed by atoms with Crippen LogP contribution in [-0.2, 0) is 16.0 Å². The number of carboxylic acids is 1. The summed E-state index contributed by atoms with van der Waals surface area (Å²) in [6.45, 7) is 7.66. The number of carbonyl (C=O) groups is 1. The molecule has 0 aliphatic carbocycles. The highest BCUT2D eigenvalue weighted by atomic mass is 16.5. The van der Waals surface area contributed by atoms with Crippen molar-refractivity contribution in [3.8, 4) is 23.0 Å². The third kappa shape index (κ3) is 4.75. The van der Waals surface area contributed by atoms with Gasteiger partial charge in [-0.3, -0.25) is 4.79 Å². The molecule has 0 amide bonds. The fourth-order valence-electron chi connectivity index (χ4n) is 3.41. The van der Waals surface area contributed by atoms with E-state index in [-0.39, 0.29) is 11.8 Å². The van der Waals surface area contributed by atoms with Gasteiger partial charge in [0.15, 0.2) is 0 Å². The van der Waals surface area contributed by atoms with E-state index in [0.29, 0.717) is 18.7 Å². The Morgan fingerprint density at radius 1 is 1.30 bits per heavy atom. The summed E-state index contributed by atoms with van der Waals surface area (Å²) in [4.78, 5) is 15.6. The quantitative estimate of drug-likeness (QED) is 0.829. The lowest BCUT2D eigenvalue weighted by atomic mass is 9.90. The van der Waals surface area contributed by atoms with Crippen molar-refractivity contribution in [1.82, 2.24) is 4.98 Å². The van der Waals surface area contributed by atoms with Crippen LogP contribution in [-0.4, -0.2) is 29.3 Å². The van der Waals surface area contributed by atoms with E-state index in [1.165, 1.54) is 11.1 Å². The Morgan fingerprint density at radius 3 is 2.67 bits per heavy atom. The molecular formula is C23H25NO3. The monoisotopic (exact) mass is 363 g/mol. The largest absolute Gasteiger partial charge is 0.481 e. The smallest absolute Gasteiger partial charge is 0.303 e. The molecule has 2 heterocycles. The Hall–Kier alpha value is -2.64. The molecule has 140 valence electrons. The predicted molar refractivity (Wildman–Crippen MR) is 106 cm³/mol. The molecule has 4 nitrogen and oxygen atoms in total. The Balaban J connectivity index is 2.04. The number of hydrogen-bond acceptors (Lipinski definition) is 3. The second-order valence-electron chi connectivity index (χ2n) is 7.51. The third-order valence-electron chi connectivity index (χ3n) is 4.95. The van der Waals surface area contributed by atoms with E-state index in [1.54, 1.807) is 0 Å². The summed E-state index contributed by atoms with van der Waals surface area (Å²) in [5, 5.41) is 9.03. The zero-order valence-corrected chi connectivity index (χ0v) is 16.1. The molecule has 1 aromatic heterocycles. The summed E-state index contributed by atoms with van der Waals surface area (Å²) < 4.78 is 5.47. The van der Waals surface area contributed by atoms with E-state index in [9.17, 15) is 4.79 Å². The highest BCUT2D eigenvalue weighted by molar-refractivity contribution is 5.72. The normalized spacial score (nSPS) is 18.8. The van der Waals surface area contributed by atoms with Gasteiger partial charge in [0.1, 0.15) is 5.69 Å². The van der Waals surface area contributed by atoms with Crippen molar-refractivity contribution in [2.75, 3.05) is 13.2 Å². The number of nitrogens with zero attached hydrogens (tertiary/aromatic N) is 1. The molecule has 1 saturated heterocycles. The molecule has 3 rings (SSSR count). The molecule has 0 radical (unpaired) electrons. The topological polar surface area (TPSA) is 59.4 Å². The van der Waals surface area contributed by atoms with Gasteiger partial charge in [-0.05, 0) is 67.5 Å². The summed E-state index contributed by atoms with van der Waals surface area (Å²) in [6, 6.07) is 10.2. The van der Waals surface area contributed by atoms with Crippen LogP contribution in [0.15, 0.2) is 30.3 Å². The van der Waals surface area contributed by atoms with Crippen molar-refractivity contribution in [2.24, 2.45) is 5.41 Å². The Bertz CT molecular complexity index is 895. The number of aryl methyl sites for hydroxylation is 3. The minimum absolute atomic E-state index is 0.0572. The summed E-state index contributed by atoms with van der Waals surface area (Å²) in [5.74, 6) is 5.71. The molecule has 4 heteroatoms. The van der Waals surface area contributed by atoms with Gasteiger partial charge in [0.25, 0.3) is 0 Å². The van der Waals surface area contributed by atoms with Crippen molar-refractivity contribution < 1.29 is 14.6 Å². The maximum atomic E-state index is 11.0. The van der Waals surface area contributed by atoms with Crippen LogP contribution in [0.4, 0.5) is 0 Å². The number of rotatable bonds is 4. The first kappa shape index (κ1) is 19.1. The van der Waals surface area contributed by atoms with E-state index in [4.69, 9.17) is 9.84 Å². The molecule has 1 atom stereocenters. The maximum absolute atomic E-state index is 11.0. The van der Waals surface area contributed by atoms with Crippen molar-refractivity contribution in [3.05, 3.63) is 52.8 Å². The van der Waals surface area contributed by atoms with E-state index >= 15 is 0 Å². The van der Waals surface area contributed by atoms with Crippen LogP contribution in [0.5, 0.6) is 0 Å². The van der Waals surface area contributed by atoms with Gasteiger partial charge in [0.05, 0.1) is 18.4 Å². The van der Waals surface area contributed by atoms with Gasteiger partial charge in [0.2, 0.25) is 0 Å². The van der Waals surface area contributed by atoms with Crippen LogP contribution in [0.1, 0.15) is 42.3 Å². The molecule has 0 bridgehead atoms. The maximum Gasteiger partial charge on any atom is 0.303 e. The predicted octanol–water partition coefficient (Wildman–Crippen LogP) is 4.16. The summed E-state index contributed by atoms with van der Waals surface area (Å²) in [6.07, 6.45) is 1.37. The lowest BCUT2D eigenvalue weighted by Gasteiger charge is -2.13. The highest BCUT2D eigenvalue weighted by Crippen LogP contribution is 2.29. The Kier molecular flexibility index (Phi) is 5.62. The van der Waals surface area contributed by atoms with E-state index in [0.717, 1.165) is 29.8 Å². The molecule has 0 saturated carbocycles. The first-order valence-corrected chi connectivity index (χ1v) is 9.27. The van der Waals surface area contributed by atoms with Gasteiger partial charge in [0, 0.05) is 18.7 Å². The Labute approximate surface area is 160 Å². The molecule has 1 unspecified atom stereocenters. The average molecular weight is 363 g/mol. The van der Waals surface area contributed by atoms with Crippen LogP contribution >= 0.6 is 0 Å². The van der Waals surface area contributed by atoms with Gasteiger partial charge in [-0.25, -0.2) is 4.98 Å². The molecular weight excluding hydrogens is 338 g/mol. The fraction of sp³-hybridized carbons (Fsp3) is 0.391. The summed E-state index contributed by atoms with van der Waals surface area (Å²) in [7, 11) is 0. The third-order valence-corrected chi connectivity index (χ3v) is 4.95. The molecule has 27 heavy (non-hydrogen) atoms. The van der Waals surface area contributed by atoms with Gasteiger partial charge in [-0.15, -0.1) is 0 Å². The molecule has 1 aliphatic rings. The molecule has 1 aliphatic heterocycles. The second kappa shape index (κ2) is 7.94. The Morgan fingerprint density at radius 2 is 2.04 bits per heavy atom. The standard InChI is InChI=1S/C23H25NO3/c1-16-5-4-6-17(2)22(16)18-13-19(7-8-21(25)26)24-20(14-18)9-10-23(3)11-12-27-15-23/h4-6,13-14H,7-8,11-12,15H2,1-3H3,(H,25,26). The zero-order valence-electron chi connectivity index (χ0n) is 16.1. The first-order valence-electron chi connectivity index (χ1n) is 9.27. The number of ether oxygens (including phenoxy) is 1. The van der Waals surface area contributed by atoms with Crippen LogP contribution in [0.2, 0.25) is 0 Å². The summed E-state index contributed by atoms with van der Waals surface area (Å²) >= 11 is 0. The molecule has 0 spiro atoms. The van der Waals surface area contributed by atoms with Gasteiger partial charge in [-0.1, -0.05) is 24.1 Å². The van der Waals surface area contributed by atoms with Crippen molar-refractivity contribution in [2.45, 2.75) is 40.0 Å². The number of hydrogen-bond donors (Lipinski definition) is 1. The average Bonchev–Trinajstić information content (AvgIpc) is 3.05. The number of aromatic nitrogens is 1. The van der Waals surface area contributed by atoms with E-state index < -0.39 is 5.97 Å². The summed E-state index contributed by atoms with van der Waals surface area (Å²) in [5.41, 5.74) is 5.87. The molecule has 1 N–H and O–H groups in total. The van der Waals surface area contributed by atoms with Crippen molar-refractivity contribution >= 4 is 5.97 Å². The first-order chi connectivity index (χ1) is 12.9. The number of pyridine rings is 1. The molecule has 1 aromatic carbocycles. The van der Waals surface area contributed by atoms with Crippen molar-refractivity contribution in [3.63, 3.8) is 0 Å². The van der Waals surface area contributed by atoms with Crippen LogP contribution in [0.25, 0.3) is 11.1 Å². The van der Waals surface area contributed by atoms with Gasteiger partial charge < -0.3 is 9.84 Å². The lowest BCUT2D eigenvalue weighted by Crippen LogP contribution is -2.12. The van der Waals surface area contributed by atoms with Crippen LogP contribution in [0, 0.1) is 31.1 Å². The van der Waals surface area contributed by atoms with Crippen molar-refractivity contribution in [1.29, 1.82) is 0 Å². The fourth-order valence-corrected chi connectivity index (χ4v) is 3.41. The van der Waals surface area contributed by atoms with E-state index in [1.807, 2.05) is 18.2 Å². The molecule has 1 fully saturated rings. The highest BCUT2D eigenvalue weighted by Gasteiger charge is 2.27. The number of carboxylic acid groups (broad SMARTS) is 1. The molecule has 2 aromatic rings. The number of aliphatic carboxylic acids is 1. The van der Waals surface area contributed by atoms with Crippen LogP contribution < -0.4 is 0 Å². The minimum atomic E-state index is -0.822. The lowest BCUT2D eigenvalue weighted by molar-refractivity contribution is -0.136. The van der Waals surface area contributed by atoms with Gasteiger partial charge in [-0.2, -0.15) is 0 Å². The van der Waals surface area contributed by atoms with E-state index in [2.05, 4.69) is 49.7 Å². The second-order valence-corrected chi connectivity index (χ2v) is 7.51. The minimum Gasteiger partial charge on any atom is -0.481 e. The van der Waals surface area contributed by atoms with Gasteiger partial charge >= 0.3 is 5.97 Å². The SMILES string of the molecule is Cc1cccc(C)c1-c1cc(C#CC2(C)CCOC2)nc(CCC(=O)O)c1. The number of benzene rings is 1.